The Bertz CT molecular complexity index is 907. The Hall–Kier alpha value is -0.980. The number of aliphatic hydroxyl groups excluding tert-OH is 1. The highest BCUT2D eigenvalue weighted by atomic mass is 35.5. The molecule has 3 rings (SSSR count). The van der Waals surface area contributed by atoms with Gasteiger partial charge in [-0.1, -0.05) is 66.7 Å². The number of rotatable bonds is 9. The summed E-state index contributed by atoms with van der Waals surface area (Å²) < 4.78 is 13.0. The van der Waals surface area contributed by atoms with Gasteiger partial charge >= 0.3 is 0 Å². The molecule has 2 aromatic rings. The molecule has 0 aliphatic heterocycles. The van der Waals surface area contributed by atoms with Gasteiger partial charge in [-0.15, -0.1) is 12.4 Å². The van der Waals surface area contributed by atoms with Gasteiger partial charge in [0.25, 0.3) is 0 Å². The molecule has 6 nitrogen and oxygen atoms in total. The van der Waals surface area contributed by atoms with E-state index in [0.717, 1.165) is 41.8 Å². The largest absolute Gasteiger partial charge is 0.386 e. The first-order chi connectivity index (χ1) is 15.7. The van der Waals surface area contributed by atoms with Gasteiger partial charge < -0.3 is 15.7 Å². The van der Waals surface area contributed by atoms with E-state index in [4.69, 9.17) is 28.9 Å². The smallest absolute Gasteiger partial charge is 0.218 e. The molecule has 2 aromatic carbocycles. The van der Waals surface area contributed by atoms with Crippen molar-refractivity contribution in [1.29, 1.82) is 0 Å². The number of nitroso groups, excluding NO2 is 1. The second kappa shape index (κ2) is 15.9. The van der Waals surface area contributed by atoms with Crippen LogP contribution in [0.5, 0.6) is 0 Å². The van der Waals surface area contributed by atoms with Crippen LogP contribution >= 0.6 is 43.0 Å². The van der Waals surface area contributed by atoms with E-state index in [2.05, 4.69) is 0 Å². The summed E-state index contributed by atoms with van der Waals surface area (Å²) in [5.41, 5.74) is 7.26. The number of halogens is 3. The molecule has 1 unspecified atom stereocenters. The lowest BCUT2D eigenvalue weighted by Crippen LogP contribution is -2.27. The summed E-state index contributed by atoms with van der Waals surface area (Å²) >= 11 is 11.4. The second-order valence-corrected chi connectivity index (χ2v) is 11.9. The monoisotopic (exact) mass is 551 g/mol. The van der Waals surface area contributed by atoms with Crippen molar-refractivity contribution >= 4 is 43.0 Å². The average Bonchev–Trinajstić information content (AvgIpc) is 2.76. The zero-order valence-corrected chi connectivity index (χ0v) is 22.4. The molecule has 190 valence electrons. The summed E-state index contributed by atoms with van der Waals surface area (Å²) in [4.78, 5) is 22.1. The molecule has 4 N–H and O–H groups in total. The average molecular weight is 553 g/mol. The maximum Gasteiger partial charge on any atom is 0.218 e. The molecule has 0 amide bonds. The van der Waals surface area contributed by atoms with Crippen LogP contribution in [0.1, 0.15) is 43.2 Å². The van der Waals surface area contributed by atoms with Gasteiger partial charge in [-0.3, -0.25) is 4.57 Å². The molecule has 0 radical (unpaired) electrons. The van der Waals surface area contributed by atoms with Gasteiger partial charge in [0.15, 0.2) is 0 Å². The van der Waals surface area contributed by atoms with Crippen molar-refractivity contribution in [2.45, 2.75) is 51.3 Å². The Balaban J connectivity index is 0.000000486. The van der Waals surface area contributed by atoms with E-state index >= 15 is 0 Å². The van der Waals surface area contributed by atoms with E-state index in [9.17, 15) is 19.5 Å². The normalized spacial score (nSPS) is 16.4. The highest BCUT2D eigenvalue weighted by Gasteiger charge is 2.30. The molecular weight excluding hydrogens is 518 g/mol. The van der Waals surface area contributed by atoms with Gasteiger partial charge in [-0.25, -0.2) is 0 Å². The highest BCUT2D eigenvalue weighted by Crippen LogP contribution is 2.45. The summed E-state index contributed by atoms with van der Waals surface area (Å²) in [5.74, 6) is 0.277. The van der Waals surface area contributed by atoms with E-state index < -0.39 is 13.5 Å². The number of nitrogens with two attached hydrogens (primary N) is 1. The van der Waals surface area contributed by atoms with E-state index in [1.807, 2.05) is 24.3 Å². The maximum absolute atomic E-state index is 12.3. The fraction of sp³-hybridized carbons (Fsp3) is 0.500. The van der Waals surface area contributed by atoms with Gasteiger partial charge in [0.1, 0.15) is 6.10 Å². The quantitative estimate of drug-likeness (QED) is 0.259. The minimum atomic E-state index is -3.40. The maximum atomic E-state index is 12.3. The molecule has 1 aliphatic rings. The minimum Gasteiger partial charge on any atom is -0.386 e. The summed E-state index contributed by atoms with van der Waals surface area (Å²) in [6, 6.07) is 14.4. The van der Waals surface area contributed by atoms with Gasteiger partial charge in [0.2, 0.25) is 20.5 Å². The molecule has 0 bridgehead atoms. The fourth-order valence-electron chi connectivity index (χ4n) is 3.95. The number of nitrogens with zero attached hydrogens (tertiary/aromatic N) is 1. The molecule has 0 heterocycles. The van der Waals surface area contributed by atoms with Crippen molar-refractivity contribution in [3.63, 3.8) is 0 Å². The van der Waals surface area contributed by atoms with Crippen LogP contribution in [0.3, 0.4) is 0 Å². The van der Waals surface area contributed by atoms with Crippen LogP contribution in [-0.2, 0) is 17.7 Å². The van der Waals surface area contributed by atoms with Gasteiger partial charge in [-0.05, 0) is 48.6 Å². The van der Waals surface area contributed by atoms with Gasteiger partial charge in [0.05, 0.1) is 6.16 Å². The highest BCUT2D eigenvalue weighted by molar-refractivity contribution is 7.58. The van der Waals surface area contributed by atoms with Crippen LogP contribution in [0.15, 0.2) is 48.5 Å². The summed E-state index contributed by atoms with van der Waals surface area (Å²) in [7, 11) is -3.40. The lowest BCUT2D eigenvalue weighted by molar-refractivity contribution is -0.571. The standard InChI is InChI=1S/C17H25ClNO4P.C7H8ClN.ClH/c18-16-8-6-14(7-9-16)10-19(21)11-17(20)13-24(22,23)12-15-4-2-1-3-5-15;8-7-3-1-6(5-9)2-4-7;/h6-9,15,17,20H,1-5,10-13H2;1-4H,5,9H2;1H/p+1/t17-;;/m0../s1. The van der Waals surface area contributed by atoms with Crippen molar-refractivity contribution in [2.24, 2.45) is 11.7 Å². The van der Waals surface area contributed by atoms with Crippen LogP contribution < -0.4 is 5.73 Å². The predicted molar refractivity (Wildman–Crippen MR) is 142 cm³/mol. The predicted octanol–water partition coefficient (Wildman–Crippen LogP) is 6.05. The van der Waals surface area contributed by atoms with Crippen LogP contribution in [0.2, 0.25) is 10.0 Å². The molecule has 2 atom stereocenters. The topological polar surface area (TPSA) is 104 Å². The molecule has 1 saturated carbocycles. The molecule has 1 aliphatic carbocycles. The Morgan fingerprint density at radius 1 is 0.971 bits per heavy atom. The van der Waals surface area contributed by atoms with Crippen LogP contribution in [0.4, 0.5) is 0 Å². The Kier molecular flexibility index (Phi) is 14.5. The van der Waals surface area contributed by atoms with E-state index in [0.29, 0.717) is 16.3 Å². The second-order valence-electron chi connectivity index (χ2n) is 8.65. The first kappa shape index (κ1) is 31.1. The molecular formula is C24H35Cl3N2O4P+. The molecule has 10 heteroatoms. The molecule has 1 fully saturated rings. The van der Waals surface area contributed by atoms with Gasteiger partial charge in [0, 0.05) is 38.0 Å². The Morgan fingerprint density at radius 2 is 1.47 bits per heavy atom. The number of hydrogen-bond acceptors (Lipinski definition) is 4. The number of benzene rings is 2. The lowest BCUT2D eigenvalue weighted by atomic mass is 9.91. The minimum absolute atomic E-state index is 0. The third-order valence-electron chi connectivity index (χ3n) is 5.60. The van der Waals surface area contributed by atoms with Crippen molar-refractivity contribution in [1.82, 2.24) is 0 Å². The number of hydrogen-bond donors (Lipinski definition) is 3. The Labute approximate surface area is 218 Å². The summed E-state index contributed by atoms with van der Waals surface area (Å²) in [5, 5.41) is 11.4. The zero-order valence-electron chi connectivity index (χ0n) is 19.2. The van der Waals surface area contributed by atoms with E-state index in [1.54, 1.807) is 24.3 Å². The lowest BCUT2D eigenvalue weighted by Gasteiger charge is -2.24. The van der Waals surface area contributed by atoms with Crippen molar-refractivity contribution in [2.75, 3.05) is 18.9 Å². The molecule has 0 aromatic heterocycles. The van der Waals surface area contributed by atoms with Gasteiger partial charge in [-0.2, -0.15) is 0 Å². The van der Waals surface area contributed by atoms with Crippen molar-refractivity contribution < 1.29 is 19.3 Å². The van der Waals surface area contributed by atoms with E-state index in [-0.39, 0.29) is 43.7 Å². The van der Waals surface area contributed by atoms with Crippen molar-refractivity contribution in [3.05, 3.63) is 74.6 Å². The summed E-state index contributed by atoms with van der Waals surface area (Å²) in [6.45, 7) is 0.529. The molecule has 0 saturated heterocycles. The third-order valence-corrected chi connectivity index (χ3v) is 8.18. The zero-order chi connectivity index (χ0) is 24.3. The summed E-state index contributed by atoms with van der Waals surface area (Å²) in [6.07, 6.45) is 4.38. The van der Waals surface area contributed by atoms with Crippen LogP contribution in [0, 0.1) is 10.8 Å². The SMILES string of the molecule is Cl.NCc1ccc(Cl)cc1.O=[N+](Cc1ccc(Cl)cc1)C[C@H](O)CP(=O)(O)CC1CCCCC1. The van der Waals surface area contributed by atoms with Crippen molar-refractivity contribution in [3.8, 4) is 0 Å². The number of aliphatic hydroxyl groups is 1. The third kappa shape index (κ3) is 12.6. The molecule has 0 spiro atoms. The first-order valence-corrected chi connectivity index (χ1v) is 14.1. The van der Waals surface area contributed by atoms with E-state index in [1.165, 1.54) is 6.42 Å². The Morgan fingerprint density at radius 3 is 1.97 bits per heavy atom. The molecule has 34 heavy (non-hydrogen) atoms. The first-order valence-electron chi connectivity index (χ1n) is 11.3. The van der Waals surface area contributed by atoms with Crippen LogP contribution in [0.25, 0.3) is 0 Å². The fourth-order valence-corrected chi connectivity index (χ4v) is 6.30. The van der Waals surface area contributed by atoms with Crippen LogP contribution in [-0.4, -0.2) is 39.7 Å².